The number of halogens is 1. The van der Waals surface area contributed by atoms with Crippen LogP contribution in [0.25, 0.3) is 10.9 Å². The van der Waals surface area contributed by atoms with Gasteiger partial charge in [0.2, 0.25) is 0 Å². The number of anilines is 2. The van der Waals surface area contributed by atoms with Crippen LogP contribution in [-0.4, -0.2) is 20.0 Å². The van der Waals surface area contributed by atoms with Crippen LogP contribution in [0, 0.1) is 22.7 Å². The molecule has 6 rings (SSSR count). The summed E-state index contributed by atoms with van der Waals surface area (Å²) in [7, 11) is 0. The Labute approximate surface area is 244 Å². The Hall–Kier alpha value is -4.92. The van der Waals surface area contributed by atoms with E-state index in [1.807, 2.05) is 24.3 Å². The molecule has 5 aromatic rings. The van der Waals surface area contributed by atoms with Crippen molar-refractivity contribution in [3.05, 3.63) is 112 Å². The predicted octanol–water partition coefficient (Wildman–Crippen LogP) is 7.32. The first-order valence-electron chi connectivity index (χ1n) is 14.0. The summed E-state index contributed by atoms with van der Waals surface area (Å²) in [5.41, 5.74) is 4.50. The molecule has 8 nitrogen and oxygen atoms in total. The minimum Gasteiger partial charge on any atom is -0.377 e. The summed E-state index contributed by atoms with van der Waals surface area (Å²) in [6.07, 6.45) is 6.15. The molecule has 1 fully saturated rings. The molecule has 2 aromatic heterocycles. The highest BCUT2D eigenvalue weighted by atomic mass is 35.5. The smallest absolute Gasteiger partial charge is 0.109 e. The van der Waals surface area contributed by atoms with Crippen LogP contribution in [0.5, 0.6) is 0 Å². The molecule has 41 heavy (non-hydrogen) atoms. The van der Waals surface area contributed by atoms with E-state index < -0.39 is 6.02 Å². The minimum absolute atomic E-state index is 0.0549. The Kier molecular flexibility index (Phi) is 6.90. The van der Waals surface area contributed by atoms with Gasteiger partial charge >= 0.3 is 0 Å². The molecule has 2 atom stereocenters. The van der Waals surface area contributed by atoms with Crippen molar-refractivity contribution in [1.82, 2.24) is 20.0 Å². The third-order valence-electron chi connectivity index (χ3n) is 7.21. The molecular weight excluding hydrogens is 532 g/mol. The van der Waals surface area contributed by atoms with Gasteiger partial charge in [0, 0.05) is 17.3 Å². The minimum atomic E-state index is -1.60. The van der Waals surface area contributed by atoms with Gasteiger partial charge in [-0.25, -0.2) is 4.68 Å². The average molecular weight is 560 g/mol. The van der Waals surface area contributed by atoms with Gasteiger partial charge in [0.05, 0.1) is 59.1 Å². The molecule has 1 unspecified atom stereocenters. The fraction of sp³-hybridized carbons (Fsp3) is 0.219. The Morgan fingerprint density at radius 1 is 1.05 bits per heavy atom. The lowest BCUT2D eigenvalue weighted by molar-refractivity contribution is 0.610. The number of benzene rings is 3. The Morgan fingerprint density at radius 2 is 1.85 bits per heavy atom. The van der Waals surface area contributed by atoms with Crippen molar-refractivity contribution in [2.24, 2.45) is 0 Å². The fourth-order valence-electron chi connectivity index (χ4n) is 4.93. The van der Waals surface area contributed by atoms with Gasteiger partial charge in [-0.05, 0) is 54.7 Å². The van der Waals surface area contributed by atoms with Crippen molar-refractivity contribution >= 4 is 33.9 Å². The summed E-state index contributed by atoms with van der Waals surface area (Å²) >= 11 is 6.79. The second kappa shape index (κ2) is 11.3. The van der Waals surface area contributed by atoms with Gasteiger partial charge in [-0.2, -0.15) is 10.5 Å². The van der Waals surface area contributed by atoms with Crippen LogP contribution in [0.15, 0.2) is 79.1 Å². The summed E-state index contributed by atoms with van der Waals surface area (Å²) in [5.74, 6) is 0. The number of nitrogens with zero attached hydrogens (tertiary/aromatic N) is 6. The molecule has 3 aromatic carbocycles. The first-order valence-corrected chi connectivity index (χ1v) is 13.9. The van der Waals surface area contributed by atoms with E-state index in [9.17, 15) is 11.9 Å². The number of fused-ring (bicyclic) bond motifs is 1. The zero-order chi connectivity index (χ0) is 29.3. The molecule has 1 aliphatic carbocycles. The average Bonchev–Trinajstić information content (AvgIpc) is 3.75. The van der Waals surface area contributed by atoms with Crippen molar-refractivity contribution in [1.29, 1.82) is 10.5 Å². The maximum atomic E-state index is 10.0. The summed E-state index contributed by atoms with van der Waals surface area (Å²) in [6.45, 7) is 2.08. The lowest BCUT2D eigenvalue weighted by Gasteiger charge is -2.22. The molecular formula is C32H27ClN8. The fourth-order valence-corrected chi connectivity index (χ4v) is 5.20. The van der Waals surface area contributed by atoms with Crippen molar-refractivity contribution in [2.75, 3.05) is 10.6 Å². The van der Waals surface area contributed by atoms with E-state index in [2.05, 4.69) is 57.1 Å². The summed E-state index contributed by atoms with van der Waals surface area (Å²) in [4.78, 5) is 4.49. The van der Waals surface area contributed by atoms with Gasteiger partial charge in [0.1, 0.15) is 11.8 Å². The van der Waals surface area contributed by atoms with Crippen molar-refractivity contribution in [3.8, 4) is 12.1 Å². The lowest BCUT2D eigenvalue weighted by Crippen LogP contribution is -2.14. The van der Waals surface area contributed by atoms with E-state index in [-0.39, 0.29) is 12.1 Å². The van der Waals surface area contributed by atoms with Crippen LogP contribution in [0.1, 0.15) is 73.6 Å². The zero-order valence-electron chi connectivity index (χ0n) is 23.3. The van der Waals surface area contributed by atoms with Gasteiger partial charge < -0.3 is 10.6 Å². The number of nitrogens with one attached hydrogen (secondary N) is 2. The highest BCUT2D eigenvalue weighted by Crippen LogP contribution is 2.38. The SMILES string of the molecule is [2H]C(Nc1cc(Cl)c2ncc(C#N)c(N[C@H](CC)c3ccccc3)c2c1)(c1cccc(C#N)c1)c1cn(C2CC2)nn1. The van der Waals surface area contributed by atoms with E-state index in [0.29, 0.717) is 49.7 Å². The molecule has 9 heteroatoms. The predicted molar refractivity (Wildman–Crippen MR) is 159 cm³/mol. The molecule has 1 aliphatic rings. The largest absolute Gasteiger partial charge is 0.377 e. The number of hydrogen-bond donors (Lipinski definition) is 2. The summed E-state index contributed by atoms with van der Waals surface area (Å²) in [6, 6.07) is 23.6. The second-order valence-electron chi connectivity index (χ2n) is 10.0. The van der Waals surface area contributed by atoms with Crippen LogP contribution in [-0.2, 0) is 0 Å². The van der Waals surface area contributed by atoms with E-state index in [0.717, 1.165) is 24.8 Å². The molecule has 1 saturated carbocycles. The van der Waals surface area contributed by atoms with Crippen LogP contribution in [0.2, 0.25) is 5.02 Å². The highest BCUT2D eigenvalue weighted by molar-refractivity contribution is 6.35. The maximum Gasteiger partial charge on any atom is 0.109 e. The third kappa shape index (κ3) is 5.43. The van der Waals surface area contributed by atoms with E-state index in [1.54, 1.807) is 41.2 Å². The van der Waals surface area contributed by atoms with Crippen LogP contribution in [0.3, 0.4) is 0 Å². The first-order chi connectivity index (χ1) is 20.4. The molecule has 202 valence electrons. The maximum absolute atomic E-state index is 10.0. The number of aromatic nitrogens is 4. The highest BCUT2D eigenvalue weighted by Gasteiger charge is 2.27. The molecule has 0 amide bonds. The zero-order valence-corrected chi connectivity index (χ0v) is 23.1. The van der Waals surface area contributed by atoms with Crippen molar-refractivity contribution in [2.45, 2.75) is 44.3 Å². The summed E-state index contributed by atoms with van der Waals surface area (Å²) in [5, 5.41) is 36.1. The standard InChI is InChI=1S/C32H27ClN8/c1-2-28(21-8-4-3-5-9-21)38-30-23(17-35)18-36-32-26(30)14-24(15-27(32)33)37-31(22-10-6-7-20(13-22)16-34)29-19-41(40-39-29)25-11-12-25/h3-10,13-15,18-19,25,28,31,37H,2,11-12H2,1H3,(H,36,38)/t28-,31?/m1/s1/i31D. The summed E-state index contributed by atoms with van der Waals surface area (Å²) < 4.78 is 11.5. The molecule has 0 aliphatic heterocycles. The van der Waals surface area contributed by atoms with E-state index >= 15 is 0 Å². The normalized spacial score (nSPS) is 15.3. The van der Waals surface area contributed by atoms with Gasteiger partial charge in [-0.1, -0.05) is 66.2 Å². The Morgan fingerprint density at radius 3 is 2.59 bits per heavy atom. The van der Waals surface area contributed by atoms with Gasteiger partial charge in [-0.3, -0.25) is 4.98 Å². The molecule has 0 bridgehead atoms. The van der Waals surface area contributed by atoms with Crippen molar-refractivity contribution < 1.29 is 1.37 Å². The molecule has 0 radical (unpaired) electrons. The van der Waals surface area contributed by atoms with E-state index in [4.69, 9.17) is 11.6 Å². The molecule has 0 saturated heterocycles. The van der Waals surface area contributed by atoms with Gasteiger partial charge in [0.25, 0.3) is 0 Å². The topological polar surface area (TPSA) is 115 Å². The number of nitriles is 2. The lowest BCUT2D eigenvalue weighted by atomic mass is 10.0. The number of rotatable bonds is 9. The van der Waals surface area contributed by atoms with Crippen LogP contribution < -0.4 is 10.6 Å². The second-order valence-corrected chi connectivity index (χ2v) is 10.4. The number of hydrogen-bond acceptors (Lipinski definition) is 7. The first kappa shape index (κ1) is 25.1. The van der Waals surface area contributed by atoms with Crippen LogP contribution >= 0.6 is 11.6 Å². The quantitative estimate of drug-likeness (QED) is 0.194. The van der Waals surface area contributed by atoms with E-state index in [1.165, 1.54) is 6.20 Å². The molecule has 2 heterocycles. The van der Waals surface area contributed by atoms with Gasteiger partial charge in [0.15, 0.2) is 0 Å². The van der Waals surface area contributed by atoms with Crippen molar-refractivity contribution in [3.63, 3.8) is 0 Å². The monoisotopic (exact) mass is 559 g/mol. The Balaban J connectivity index is 1.47. The van der Waals surface area contributed by atoms with Gasteiger partial charge in [-0.15, -0.1) is 5.10 Å². The Bertz CT molecular complexity index is 1850. The third-order valence-corrected chi connectivity index (χ3v) is 7.50. The number of pyridine rings is 1. The molecule has 2 N–H and O–H groups in total. The molecule has 0 spiro atoms. The van der Waals surface area contributed by atoms with Crippen LogP contribution in [0.4, 0.5) is 11.4 Å².